The Labute approximate surface area is 125 Å². The molecule has 0 aliphatic carbocycles. The van der Waals surface area contributed by atoms with Gasteiger partial charge in [0.25, 0.3) is 5.91 Å². The smallest absolute Gasteiger partial charge is 0.258 e. The molecule has 2 rings (SSSR count). The van der Waals surface area contributed by atoms with Crippen molar-refractivity contribution in [2.24, 2.45) is 0 Å². The molecule has 0 spiro atoms. The number of carbonyl (C=O) groups excluding carboxylic acids is 1. The first-order valence-electron chi connectivity index (χ1n) is 7.03. The van der Waals surface area contributed by atoms with Crippen molar-refractivity contribution in [2.45, 2.75) is 26.3 Å². The Morgan fingerprint density at radius 1 is 1.24 bits per heavy atom. The molecule has 2 aromatic rings. The Morgan fingerprint density at radius 2 is 2.00 bits per heavy atom. The van der Waals surface area contributed by atoms with Gasteiger partial charge in [-0.2, -0.15) is 0 Å². The van der Waals surface area contributed by atoms with E-state index in [4.69, 9.17) is 4.74 Å². The predicted molar refractivity (Wildman–Crippen MR) is 82.1 cm³/mol. The molecule has 0 bridgehead atoms. The van der Waals surface area contributed by atoms with Crippen LogP contribution in [0.15, 0.2) is 48.8 Å². The van der Waals surface area contributed by atoms with Crippen LogP contribution in [0.5, 0.6) is 5.75 Å². The molecule has 1 N–H and O–H groups in total. The van der Waals surface area contributed by atoms with E-state index in [-0.39, 0.29) is 12.5 Å². The molecule has 110 valence electrons. The Hall–Kier alpha value is -2.36. The van der Waals surface area contributed by atoms with Crippen LogP contribution in [0.25, 0.3) is 0 Å². The van der Waals surface area contributed by atoms with Crippen LogP contribution in [0.3, 0.4) is 0 Å². The highest BCUT2D eigenvalue weighted by Gasteiger charge is 2.05. The maximum Gasteiger partial charge on any atom is 0.258 e. The molecule has 0 aliphatic rings. The molecule has 1 aromatic carbocycles. The van der Waals surface area contributed by atoms with E-state index in [1.54, 1.807) is 12.4 Å². The molecule has 1 heterocycles. The molecular formula is C17H20N2O2. The van der Waals surface area contributed by atoms with E-state index in [0.717, 1.165) is 11.3 Å². The normalized spacial score (nSPS) is 10.4. The number of benzene rings is 1. The Bertz CT molecular complexity index is 582. The SMILES string of the molecule is CC(C)c1cccc(OCC(=O)NCc2ccncc2)c1. The minimum absolute atomic E-state index is 0.0205. The number of hydrogen-bond acceptors (Lipinski definition) is 3. The van der Waals surface area contributed by atoms with Gasteiger partial charge in [0.2, 0.25) is 0 Å². The summed E-state index contributed by atoms with van der Waals surface area (Å²) in [4.78, 5) is 15.7. The molecule has 21 heavy (non-hydrogen) atoms. The van der Waals surface area contributed by atoms with Gasteiger partial charge in [0.15, 0.2) is 6.61 Å². The lowest BCUT2D eigenvalue weighted by atomic mass is 10.0. The maximum absolute atomic E-state index is 11.8. The highest BCUT2D eigenvalue weighted by molar-refractivity contribution is 5.77. The number of hydrogen-bond donors (Lipinski definition) is 1. The van der Waals surface area contributed by atoms with Crippen molar-refractivity contribution in [3.8, 4) is 5.75 Å². The zero-order valence-corrected chi connectivity index (χ0v) is 12.4. The number of pyridine rings is 1. The average molecular weight is 284 g/mol. The zero-order valence-electron chi connectivity index (χ0n) is 12.4. The summed E-state index contributed by atoms with van der Waals surface area (Å²) in [5.74, 6) is 1.02. The van der Waals surface area contributed by atoms with Crippen molar-refractivity contribution in [3.05, 3.63) is 59.9 Å². The van der Waals surface area contributed by atoms with Crippen molar-refractivity contribution >= 4 is 5.91 Å². The summed E-state index contributed by atoms with van der Waals surface area (Å²) in [5.41, 5.74) is 2.21. The van der Waals surface area contributed by atoms with Crippen LogP contribution in [0, 0.1) is 0 Å². The summed E-state index contributed by atoms with van der Waals surface area (Å²) < 4.78 is 5.52. The van der Waals surface area contributed by atoms with E-state index < -0.39 is 0 Å². The van der Waals surface area contributed by atoms with Crippen LogP contribution in [0.1, 0.15) is 30.9 Å². The minimum atomic E-state index is -0.137. The number of rotatable bonds is 6. The van der Waals surface area contributed by atoms with Gasteiger partial charge in [0.1, 0.15) is 5.75 Å². The monoisotopic (exact) mass is 284 g/mol. The van der Waals surface area contributed by atoms with Gasteiger partial charge in [0.05, 0.1) is 0 Å². The topological polar surface area (TPSA) is 51.2 Å². The largest absolute Gasteiger partial charge is 0.484 e. The van der Waals surface area contributed by atoms with Gasteiger partial charge < -0.3 is 10.1 Å². The molecule has 1 aromatic heterocycles. The van der Waals surface area contributed by atoms with Gasteiger partial charge in [-0.3, -0.25) is 9.78 Å². The fourth-order valence-corrected chi connectivity index (χ4v) is 1.86. The first-order valence-corrected chi connectivity index (χ1v) is 7.03. The third kappa shape index (κ3) is 4.91. The van der Waals surface area contributed by atoms with E-state index >= 15 is 0 Å². The summed E-state index contributed by atoms with van der Waals surface area (Å²) in [6.07, 6.45) is 3.41. The lowest BCUT2D eigenvalue weighted by molar-refractivity contribution is -0.123. The molecule has 0 fully saturated rings. The highest BCUT2D eigenvalue weighted by Crippen LogP contribution is 2.19. The number of nitrogens with one attached hydrogen (secondary N) is 1. The summed E-state index contributed by atoms with van der Waals surface area (Å²) >= 11 is 0. The van der Waals surface area contributed by atoms with Gasteiger partial charge in [-0.15, -0.1) is 0 Å². The first kappa shape index (κ1) is 15.0. The molecule has 4 nitrogen and oxygen atoms in total. The second-order valence-electron chi connectivity index (χ2n) is 5.15. The lowest BCUT2D eigenvalue weighted by Crippen LogP contribution is -2.28. The molecule has 4 heteroatoms. The molecule has 0 atom stereocenters. The van der Waals surface area contributed by atoms with Crippen LogP contribution in [-0.4, -0.2) is 17.5 Å². The van der Waals surface area contributed by atoms with Gasteiger partial charge in [0, 0.05) is 18.9 Å². The van der Waals surface area contributed by atoms with Gasteiger partial charge >= 0.3 is 0 Å². The average Bonchev–Trinajstić information content (AvgIpc) is 2.52. The lowest BCUT2D eigenvalue weighted by Gasteiger charge is -2.10. The highest BCUT2D eigenvalue weighted by atomic mass is 16.5. The van der Waals surface area contributed by atoms with Gasteiger partial charge in [-0.05, 0) is 41.3 Å². The van der Waals surface area contributed by atoms with Crippen LogP contribution in [0.2, 0.25) is 0 Å². The van der Waals surface area contributed by atoms with E-state index in [1.807, 2.05) is 30.3 Å². The van der Waals surface area contributed by atoms with Crippen molar-refractivity contribution in [1.82, 2.24) is 10.3 Å². The number of carbonyl (C=O) groups is 1. The number of ether oxygens (including phenoxy) is 1. The zero-order chi connectivity index (χ0) is 15.1. The second kappa shape index (κ2) is 7.43. The van der Waals surface area contributed by atoms with E-state index in [9.17, 15) is 4.79 Å². The standard InChI is InChI=1S/C17H20N2O2/c1-13(2)15-4-3-5-16(10-15)21-12-17(20)19-11-14-6-8-18-9-7-14/h3-10,13H,11-12H2,1-2H3,(H,19,20). The molecule has 0 unspecified atom stereocenters. The van der Waals surface area contributed by atoms with Crippen molar-refractivity contribution in [1.29, 1.82) is 0 Å². The van der Waals surface area contributed by atoms with E-state index in [1.165, 1.54) is 5.56 Å². The summed E-state index contributed by atoms with van der Waals surface area (Å²) in [6, 6.07) is 11.6. The number of nitrogens with zero attached hydrogens (tertiary/aromatic N) is 1. The molecule has 0 radical (unpaired) electrons. The van der Waals surface area contributed by atoms with E-state index in [2.05, 4.69) is 30.2 Å². The van der Waals surface area contributed by atoms with E-state index in [0.29, 0.717) is 12.5 Å². The van der Waals surface area contributed by atoms with Crippen LogP contribution >= 0.6 is 0 Å². The summed E-state index contributed by atoms with van der Waals surface area (Å²) in [5, 5.41) is 2.81. The summed E-state index contributed by atoms with van der Waals surface area (Å²) in [6.45, 7) is 4.75. The fourth-order valence-electron chi connectivity index (χ4n) is 1.86. The summed E-state index contributed by atoms with van der Waals surface area (Å²) in [7, 11) is 0. The fraction of sp³-hybridized carbons (Fsp3) is 0.294. The molecule has 1 amide bonds. The second-order valence-corrected chi connectivity index (χ2v) is 5.15. The Kier molecular flexibility index (Phi) is 5.32. The van der Waals surface area contributed by atoms with Crippen LogP contribution in [0.4, 0.5) is 0 Å². The molecule has 0 saturated carbocycles. The number of aromatic nitrogens is 1. The minimum Gasteiger partial charge on any atom is -0.484 e. The molecular weight excluding hydrogens is 264 g/mol. The van der Waals surface area contributed by atoms with Crippen molar-refractivity contribution in [3.63, 3.8) is 0 Å². The van der Waals surface area contributed by atoms with Crippen molar-refractivity contribution < 1.29 is 9.53 Å². The van der Waals surface area contributed by atoms with Crippen LogP contribution in [-0.2, 0) is 11.3 Å². The van der Waals surface area contributed by atoms with Gasteiger partial charge in [-0.25, -0.2) is 0 Å². The third-order valence-corrected chi connectivity index (χ3v) is 3.13. The van der Waals surface area contributed by atoms with Crippen molar-refractivity contribution in [2.75, 3.05) is 6.61 Å². The predicted octanol–water partition coefficient (Wildman–Crippen LogP) is 2.90. The van der Waals surface area contributed by atoms with Crippen LogP contribution < -0.4 is 10.1 Å². The quantitative estimate of drug-likeness (QED) is 0.887. The van der Waals surface area contributed by atoms with Gasteiger partial charge in [-0.1, -0.05) is 26.0 Å². The first-order chi connectivity index (χ1) is 10.1. The molecule has 0 saturated heterocycles. The Balaban J connectivity index is 1.80. The number of amides is 1. The molecule has 0 aliphatic heterocycles. The maximum atomic E-state index is 11.8. The third-order valence-electron chi connectivity index (χ3n) is 3.13. The Morgan fingerprint density at radius 3 is 2.71 bits per heavy atom.